The van der Waals surface area contributed by atoms with Crippen molar-refractivity contribution in [2.75, 3.05) is 0 Å². The Morgan fingerprint density at radius 3 is 2.14 bits per heavy atom. The number of H-pyrrole nitrogens is 1. The molecule has 0 spiro atoms. The first-order valence-electron chi connectivity index (χ1n) is 4.37. The standard InChI is InChI=1S/C8H11.C3H3N2.Ru/c1-7(2)8-5-3-4-6-8;1-2-5-3-4-1;/h3-7H,1-2H3;1-2H,(H,4,5);/q2*-1;+2. The summed E-state index contributed by atoms with van der Waals surface area (Å²) in [6, 6.07) is 8.47. The fraction of sp³-hybridized carbons (Fsp3) is 0.273. The minimum absolute atomic E-state index is 0. The molecule has 0 aliphatic heterocycles. The van der Waals surface area contributed by atoms with Crippen LogP contribution in [0.3, 0.4) is 0 Å². The Morgan fingerprint density at radius 1 is 1.29 bits per heavy atom. The molecule has 1 aromatic carbocycles. The van der Waals surface area contributed by atoms with Gasteiger partial charge in [-0.1, -0.05) is 19.8 Å². The van der Waals surface area contributed by atoms with E-state index < -0.39 is 0 Å². The van der Waals surface area contributed by atoms with Crippen molar-refractivity contribution in [1.29, 1.82) is 0 Å². The average molecular weight is 275 g/mol. The number of hydrogen-bond acceptors (Lipinski definition) is 1. The molecule has 2 nitrogen and oxygen atoms in total. The van der Waals surface area contributed by atoms with Gasteiger partial charge in [0.15, 0.2) is 0 Å². The molecule has 1 heterocycles. The van der Waals surface area contributed by atoms with Gasteiger partial charge in [0, 0.05) is 0 Å². The molecule has 0 aliphatic carbocycles. The molecule has 0 saturated heterocycles. The summed E-state index contributed by atoms with van der Waals surface area (Å²) in [6.45, 7) is 4.41. The van der Waals surface area contributed by atoms with E-state index in [1.54, 1.807) is 12.4 Å². The van der Waals surface area contributed by atoms with Crippen LogP contribution in [-0.2, 0) is 19.5 Å². The van der Waals surface area contributed by atoms with Gasteiger partial charge in [-0.3, -0.25) is 0 Å². The molecule has 1 aromatic heterocycles. The summed E-state index contributed by atoms with van der Waals surface area (Å²) in [6.07, 6.45) is 5.83. The Balaban J connectivity index is 0.000000246. The quantitative estimate of drug-likeness (QED) is 0.629. The number of nitrogens with zero attached hydrogens (tertiary/aromatic N) is 1. The first-order chi connectivity index (χ1) is 6.30. The van der Waals surface area contributed by atoms with E-state index in [0.29, 0.717) is 5.92 Å². The van der Waals surface area contributed by atoms with Crippen molar-refractivity contribution >= 4 is 0 Å². The van der Waals surface area contributed by atoms with Crippen molar-refractivity contribution in [1.82, 2.24) is 9.97 Å². The first kappa shape index (κ1) is 13.2. The topological polar surface area (TPSA) is 28.7 Å². The van der Waals surface area contributed by atoms with Crippen molar-refractivity contribution in [3.63, 3.8) is 0 Å². The number of hydrogen-bond donors (Lipinski definition) is 1. The Morgan fingerprint density at radius 2 is 1.93 bits per heavy atom. The van der Waals surface area contributed by atoms with Gasteiger partial charge >= 0.3 is 19.5 Å². The van der Waals surface area contributed by atoms with E-state index in [0.717, 1.165) is 0 Å². The SMILES string of the molecule is CC(C)[c-]1cccc1.[Ru+2].[c-]1ncc[nH]1. The first-order valence-corrected chi connectivity index (χ1v) is 4.37. The van der Waals surface area contributed by atoms with Crippen LogP contribution in [-0.4, -0.2) is 9.97 Å². The summed E-state index contributed by atoms with van der Waals surface area (Å²) in [7, 11) is 0. The molecule has 76 valence electrons. The molecule has 2 aromatic rings. The molecule has 0 radical (unpaired) electrons. The normalized spacial score (nSPS) is 8.79. The summed E-state index contributed by atoms with van der Waals surface area (Å²) in [5, 5.41) is 0. The second kappa shape index (κ2) is 7.57. The molecule has 0 aliphatic rings. The largest absolute Gasteiger partial charge is 2.00 e. The van der Waals surface area contributed by atoms with Crippen molar-refractivity contribution in [2.45, 2.75) is 19.8 Å². The van der Waals surface area contributed by atoms with Crippen molar-refractivity contribution in [3.05, 3.63) is 48.5 Å². The van der Waals surface area contributed by atoms with Gasteiger partial charge in [-0.2, -0.15) is 17.7 Å². The maximum atomic E-state index is 3.54. The second-order valence-electron chi connectivity index (χ2n) is 3.07. The van der Waals surface area contributed by atoms with E-state index >= 15 is 0 Å². The molecule has 14 heavy (non-hydrogen) atoms. The van der Waals surface area contributed by atoms with E-state index in [9.17, 15) is 0 Å². The molecule has 2 rings (SSSR count). The monoisotopic (exact) mass is 276 g/mol. The van der Waals surface area contributed by atoms with Gasteiger partial charge in [-0.15, -0.1) is 12.4 Å². The van der Waals surface area contributed by atoms with Crippen LogP contribution in [0.5, 0.6) is 0 Å². The summed E-state index contributed by atoms with van der Waals surface area (Å²) in [5.41, 5.74) is 1.44. The molecule has 0 saturated carbocycles. The number of imidazole rings is 1. The van der Waals surface area contributed by atoms with Crippen LogP contribution in [0.25, 0.3) is 0 Å². The van der Waals surface area contributed by atoms with Gasteiger partial charge in [0.25, 0.3) is 0 Å². The van der Waals surface area contributed by atoms with Crippen molar-refractivity contribution < 1.29 is 19.5 Å². The molecular weight excluding hydrogens is 261 g/mol. The van der Waals surface area contributed by atoms with Crippen LogP contribution < -0.4 is 0 Å². The summed E-state index contributed by atoms with van der Waals surface area (Å²) >= 11 is 0. The zero-order chi connectivity index (χ0) is 9.52. The maximum Gasteiger partial charge on any atom is 2.00 e. The summed E-state index contributed by atoms with van der Waals surface area (Å²) in [4.78, 5) is 6.17. The maximum absolute atomic E-state index is 3.54. The minimum atomic E-state index is 0. The van der Waals surface area contributed by atoms with Crippen LogP contribution in [0.1, 0.15) is 25.3 Å². The molecule has 0 fully saturated rings. The molecule has 1 N–H and O–H groups in total. The molecule has 3 heteroatoms. The number of nitrogens with one attached hydrogen (secondary N) is 1. The van der Waals surface area contributed by atoms with Gasteiger partial charge in [-0.05, 0) is 6.33 Å². The summed E-state index contributed by atoms with van der Waals surface area (Å²) in [5.74, 6) is 0.685. The third kappa shape index (κ3) is 5.03. The molecule has 0 unspecified atom stereocenters. The zero-order valence-corrected chi connectivity index (χ0v) is 10.1. The van der Waals surface area contributed by atoms with Gasteiger partial charge in [-0.25, -0.2) is 12.1 Å². The smallest absolute Gasteiger partial charge is 0.467 e. The minimum Gasteiger partial charge on any atom is -0.467 e. The fourth-order valence-electron chi connectivity index (χ4n) is 0.960. The van der Waals surface area contributed by atoms with E-state index in [-0.39, 0.29) is 19.5 Å². The molecule has 0 atom stereocenters. The third-order valence-corrected chi connectivity index (χ3v) is 1.72. The third-order valence-electron chi connectivity index (χ3n) is 1.72. The molecule has 0 amide bonds. The Hall–Kier alpha value is -0.817. The molecular formula is C11H14N2Ru. The van der Waals surface area contributed by atoms with Crippen molar-refractivity contribution in [3.8, 4) is 0 Å². The van der Waals surface area contributed by atoms with E-state index in [1.807, 2.05) is 0 Å². The van der Waals surface area contributed by atoms with Crippen LogP contribution in [0.2, 0.25) is 0 Å². The van der Waals surface area contributed by atoms with Crippen LogP contribution in [0.15, 0.2) is 36.7 Å². The van der Waals surface area contributed by atoms with Crippen LogP contribution >= 0.6 is 0 Å². The fourth-order valence-corrected chi connectivity index (χ4v) is 0.960. The number of aromatic amines is 1. The predicted octanol–water partition coefficient (Wildman–Crippen LogP) is 2.74. The van der Waals surface area contributed by atoms with Gasteiger partial charge in [0.2, 0.25) is 0 Å². The van der Waals surface area contributed by atoms with Gasteiger partial charge in [0.1, 0.15) is 0 Å². The zero-order valence-electron chi connectivity index (χ0n) is 8.34. The second-order valence-corrected chi connectivity index (χ2v) is 3.07. The Bertz CT molecular complexity index is 268. The molecule has 0 bridgehead atoms. The van der Waals surface area contributed by atoms with Crippen LogP contribution in [0, 0.1) is 6.33 Å². The number of aromatic nitrogens is 2. The van der Waals surface area contributed by atoms with E-state index in [2.05, 4.69) is 54.4 Å². The van der Waals surface area contributed by atoms with Crippen molar-refractivity contribution in [2.24, 2.45) is 0 Å². The van der Waals surface area contributed by atoms with Gasteiger partial charge < -0.3 is 9.97 Å². The Labute approximate surface area is 97.9 Å². The van der Waals surface area contributed by atoms with E-state index in [1.165, 1.54) is 5.56 Å². The average Bonchev–Trinajstić information content (AvgIpc) is 2.82. The Kier molecular flexibility index (Phi) is 7.13. The number of rotatable bonds is 1. The predicted molar refractivity (Wildman–Crippen MR) is 53.5 cm³/mol. The van der Waals surface area contributed by atoms with Crippen LogP contribution in [0.4, 0.5) is 0 Å². The van der Waals surface area contributed by atoms with Gasteiger partial charge in [0.05, 0.1) is 0 Å². The summed E-state index contributed by atoms with van der Waals surface area (Å²) < 4.78 is 0. The van der Waals surface area contributed by atoms with E-state index in [4.69, 9.17) is 0 Å².